The molecule has 2 aliphatic rings. The fourth-order valence-corrected chi connectivity index (χ4v) is 3.26. The van der Waals surface area contributed by atoms with E-state index < -0.39 is 0 Å². The number of hydrogen-bond acceptors (Lipinski definition) is 5. The molecule has 0 aromatic carbocycles. The molecule has 2 fully saturated rings. The zero-order chi connectivity index (χ0) is 15.8. The first kappa shape index (κ1) is 14.8. The molecule has 3 heterocycles. The molecule has 0 N–H and O–H groups in total. The normalized spacial score (nSPS) is 20.3. The minimum Gasteiger partial charge on any atom is -0.337 e. The van der Waals surface area contributed by atoms with E-state index in [0.717, 1.165) is 50.9 Å². The third-order valence-electron chi connectivity index (χ3n) is 5.06. The van der Waals surface area contributed by atoms with E-state index in [0.29, 0.717) is 5.92 Å². The van der Waals surface area contributed by atoms with Crippen LogP contribution >= 0.6 is 0 Å². The predicted molar refractivity (Wildman–Crippen MR) is 86.7 cm³/mol. The van der Waals surface area contributed by atoms with Crippen LogP contribution in [0.4, 0.5) is 0 Å². The Morgan fingerprint density at radius 3 is 2.17 bits per heavy atom. The van der Waals surface area contributed by atoms with Crippen molar-refractivity contribution in [2.75, 3.05) is 26.2 Å². The van der Waals surface area contributed by atoms with Crippen LogP contribution in [0.25, 0.3) is 0 Å². The van der Waals surface area contributed by atoms with Crippen LogP contribution in [0, 0.1) is 0 Å². The standard InChI is InChI=1S/C16H25N7/c1-20-6-5-17-14(20)11-22-7-9-23(10-8-22)12-15-18-19-16(21(15)2)13-3-4-13/h5-6,13H,3-4,7-12H2,1-2H3. The van der Waals surface area contributed by atoms with Gasteiger partial charge in [0.05, 0.1) is 13.1 Å². The number of hydrogen-bond donors (Lipinski definition) is 0. The fraction of sp³-hybridized carbons (Fsp3) is 0.688. The first-order chi connectivity index (χ1) is 11.2. The maximum absolute atomic E-state index is 4.42. The van der Waals surface area contributed by atoms with Crippen molar-refractivity contribution in [3.8, 4) is 0 Å². The first-order valence-corrected chi connectivity index (χ1v) is 8.50. The molecule has 2 aromatic rings. The van der Waals surface area contributed by atoms with Crippen LogP contribution in [0.15, 0.2) is 12.4 Å². The van der Waals surface area contributed by atoms with Gasteiger partial charge in [-0.05, 0) is 12.8 Å². The Labute approximate surface area is 136 Å². The molecule has 7 nitrogen and oxygen atoms in total. The smallest absolute Gasteiger partial charge is 0.146 e. The second-order valence-electron chi connectivity index (χ2n) is 6.81. The predicted octanol–water partition coefficient (Wildman–Crippen LogP) is 0.744. The number of aryl methyl sites for hydroxylation is 1. The van der Waals surface area contributed by atoms with Crippen molar-refractivity contribution in [1.29, 1.82) is 0 Å². The van der Waals surface area contributed by atoms with Gasteiger partial charge in [-0.1, -0.05) is 0 Å². The van der Waals surface area contributed by atoms with Crippen molar-refractivity contribution < 1.29 is 0 Å². The van der Waals surface area contributed by atoms with Crippen molar-refractivity contribution in [1.82, 2.24) is 34.1 Å². The number of imidazole rings is 1. The molecular formula is C16H25N7. The first-order valence-electron chi connectivity index (χ1n) is 8.50. The number of nitrogens with zero attached hydrogens (tertiary/aromatic N) is 7. The molecule has 1 aliphatic heterocycles. The molecule has 0 radical (unpaired) electrons. The van der Waals surface area contributed by atoms with E-state index in [-0.39, 0.29) is 0 Å². The van der Waals surface area contributed by atoms with Crippen LogP contribution in [0.5, 0.6) is 0 Å². The topological polar surface area (TPSA) is 55.0 Å². The van der Waals surface area contributed by atoms with Crippen LogP contribution in [0.1, 0.15) is 36.2 Å². The van der Waals surface area contributed by atoms with Crippen molar-refractivity contribution in [3.63, 3.8) is 0 Å². The van der Waals surface area contributed by atoms with Crippen LogP contribution in [-0.2, 0) is 27.2 Å². The molecule has 0 unspecified atom stereocenters. The number of aromatic nitrogens is 5. The van der Waals surface area contributed by atoms with Gasteiger partial charge in [-0.15, -0.1) is 10.2 Å². The molecule has 4 rings (SSSR count). The molecule has 1 aliphatic carbocycles. The van der Waals surface area contributed by atoms with E-state index in [4.69, 9.17) is 0 Å². The molecule has 1 saturated heterocycles. The Bertz CT molecular complexity index is 662. The zero-order valence-electron chi connectivity index (χ0n) is 14.0. The summed E-state index contributed by atoms with van der Waals surface area (Å²) in [5.74, 6) is 4.08. The third-order valence-corrected chi connectivity index (χ3v) is 5.06. The molecule has 0 atom stereocenters. The summed E-state index contributed by atoms with van der Waals surface area (Å²) in [6, 6.07) is 0. The summed E-state index contributed by atoms with van der Waals surface area (Å²) >= 11 is 0. The van der Waals surface area contributed by atoms with Gasteiger partial charge in [0.2, 0.25) is 0 Å². The Hall–Kier alpha value is -1.73. The molecular weight excluding hydrogens is 290 g/mol. The second kappa shape index (κ2) is 6.05. The molecule has 2 aromatic heterocycles. The molecule has 0 amide bonds. The van der Waals surface area contributed by atoms with E-state index in [1.54, 1.807) is 0 Å². The maximum atomic E-state index is 4.42. The molecule has 0 spiro atoms. The summed E-state index contributed by atoms with van der Waals surface area (Å²) in [5, 5.41) is 8.79. The Balaban J connectivity index is 1.30. The minimum absolute atomic E-state index is 0.663. The highest BCUT2D eigenvalue weighted by atomic mass is 15.3. The largest absolute Gasteiger partial charge is 0.337 e. The average molecular weight is 315 g/mol. The van der Waals surface area contributed by atoms with Gasteiger partial charge in [-0.3, -0.25) is 9.80 Å². The van der Waals surface area contributed by atoms with Gasteiger partial charge in [-0.25, -0.2) is 4.98 Å². The monoisotopic (exact) mass is 315 g/mol. The van der Waals surface area contributed by atoms with E-state index in [9.17, 15) is 0 Å². The van der Waals surface area contributed by atoms with Gasteiger partial charge >= 0.3 is 0 Å². The molecule has 23 heavy (non-hydrogen) atoms. The molecule has 124 valence electrons. The Kier molecular flexibility index (Phi) is 3.90. The zero-order valence-corrected chi connectivity index (χ0v) is 14.0. The lowest BCUT2D eigenvalue weighted by Gasteiger charge is -2.34. The third kappa shape index (κ3) is 3.16. The lowest BCUT2D eigenvalue weighted by Crippen LogP contribution is -2.46. The van der Waals surface area contributed by atoms with Gasteiger partial charge in [0.15, 0.2) is 0 Å². The maximum Gasteiger partial charge on any atom is 0.146 e. The van der Waals surface area contributed by atoms with Crippen LogP contribution < -0.4 is 0 Å². The van der Waals surface area contributed by atoms with Gasteiger partial charge in [0, 0.05) is 58.6 Å². The second-order valence-corrected chi connectivity index (χ2v) is 6.81. The van der Waals surface area contributed by atoms with Gasteiger partial charge < -0.3 is 9.13 Å². The van der Waals surface area contributed by atoms with Gasteiger partial charge in [-0.2, -0.15) is 0 Å². The van der Waals surface area contributed by atoms with Crippen LogP contribution in [-0.4, -0.2) is 60.3 Å². The summed E-state index contributed by atoms with van der Waals surface area (Å²) in [7, 11) is 4.17. The summed E-state index contributed by atoms with van der Waals surface area (Å²) in [6.45, 7) is 6.17. The van der Waals surface area contributed by atoms with Crippen LogP contribution in [0.2, 0.25) is 0 Å². The van der Waals surface area contributed by atoms with Crippen molar-refractivity contribution >= 4 is 0 Å². The lowest BCUT2D eigenvalue weighted by molar-refractivity contribution is 0.116. The molecule has 1 saturated carbocycles. The Morgan fingerprint density at radius 2 is 1.61 bits per heavy atom. The minimum atomic E-state index is 0.663. The van der Waals surface area contributed by atoms with E-state index >= 15 is 0 Å². The van der Waals surface area contributed by atoms with E-state index in [1.165, 1.54) is 18.7 Å². The van der Waals surface area contributed by atoms with Gasteiger partial charge in [0.1, 0.15) is 17.5 Å². The summed E-state index contributed by atoms with van der Waals surface area (Å²) in [4.78, 5) is 9.38. The summed E-state index contributed by atoms with van der Waals surface area (Å²) in [6.07, 6.45) is 6.43. The lowest BCUT2D eigenvalue weighted by atomic mass is 10.3. The molecule has 7 heteroatoms. The average Bonchev–Trinajstić information content (AvgIpc) is 3.23. The SMILES string of the molecule is Cn1ccnc1CN1CCN(Cc2nnc(C3CC3)n2C)CC1. The van der Waals surface area contributed by atoms with Crippen molar-refractivity contribution in [2.24, 2.45) is 14.1 Å². The van der Waals surface area contributed by atoms with Gasteiger partial charge in [0.25, 0.3) is 0 Å². The highest BCUT2D eigenvalue weighted by Gasteiger charge is 2.29. The fourth-order valence-electron chi connectivity index (χ4n) is 3.26. The van der Waals surface area contributed by atoms with E-state index in [2.05, 4.69) is 48.2 Å². The number of piperazine rings is 1. The highest BCUT2D eigenvalue weighted by molar-refractivity contribution is 5.07. The highest BCUT2D eigenvalue weighted by Crippen LogP contribution is 2.38. The quantitative estimate of drug-likeness (QED) is 0.815. The van der Waals surface area contributed by atoms with Crippen molar-refractivity contribution in [2.45, 2.75) is 31.8 Å². The van der Waals surface area contributed by atoms with Crippen LogP contribution in [0.3, 0.4) is 0 Å². The summed E-state index contributed by atoms with van der Waals surface area (Å²) in [5.41, 5.74) is 0. The summed E-state index contributed by atoms with van der Waals surface area (Å²) < 4.78 is 4.31. The van der Waals surface area contributed by atoms with Crippen molar-refractivity contribution in [3.05, 3.63) is 29.9 Å². The van der Waals surface area contributed by atoms with E-state index in [1.807, 2.05) is 12.4 Å². The molecule has 0 bridgehead atoms. The Morgan fingerprint density at radius 1 is 0.957 bits per heavy atom. The number of rotatable bonds is 5.